The SMILES string of the molecule is CCc1nccn1CCOc1ccccc1CN. The first-order valence-corrected chi connectivity index (χ1v) is 6.26. The zero-order valence-corrected chi connectivity index (χ0v) is 10.7. The molecule has 0 aliphatic rings. The van der Waals surface area contributed by atoms with Crippen molar-refractivity contribution in [2.24, 2.45) is 5.73 Å². The van der Waals surface area contributed by atoms with Gasteiger partial charge in [0.25, 0.3) is 0 Å². The lowest BCUT2D eigenvalue weighted by Gasteiger charge is -2.11. The van der Waals surface area contributed by atoms with Crippen LogP contribution in [0.3, 0.4) is 0 Å². The standard InChI is InChI=1S/C14H19N3O/c1-2-14-16-7-8-17(14)9-10-18-13-6-4-3-5-12(13)11-15/h3-8H,2,9-11,15H2,1H3. The molecule has 2 N–H and O–H groups in total. The Morgan fingerprint density at radius 2 is 2.17 bits per heavy atom. The molecule has 0 saturated heterocycles. The van der Waals surface area contributed by atoms with Crippen LogP contribution >= 0.6 is 0 Å². The van der Waals surface area contributed by atoms with Crippen molar-refractivity contribution in [3.8, 4) is 5.75 Å². The molecule has 4 nitrogen and oxygen atoms in total. The van der Waals surface area contributed by atoms with Gasteiger partial charge in [-0.25, -0.2) is 4.98 Å². The Bertz CT molecular complexity index is 493. The van der Waals surface area contributed by atoms with Crippen LogP contribution in [0.5, 0.6) is 5.75 Å². The molecule has 2 rings (SSSR count). The lowest BCUT2D eigenvalue weighted by atomic mass is 10.2. The van der Waals surface area contributed by atoms with E-state index in [1.807, 2.05) is 36.7 Å². The van der Waals surface area contributed by atoms with Crippen LogP contribution in [0.25, 0.3) is 0 Å². The smallest absolute Gasteiger partial charge is 0.123 e. The summed E-state index contributed by atoms with van der Waals surface area (Å²) in [6, 6.07) is 7.88. The van der Waals surface area contributed by atoms with E-state index in [-0.39, 0.29) is 0 Å². The van der Waals surface area contributed by atoms with Crippen LogP contribution in [0.4, 0.5) is 0 Å². The third kappa shape index (κ3) is 2.90. The van der Waals surface area contributed by atoms with Crippen molar-refractivity contribution in [1.82, 2.24) is 9.55 Å². The number of benzene rings is 1. The molecule has 0 unspecified atom stereocenters. The van der Waals surface area contributed by atoms with E-state index in [9.17, 15) is 0 Å². The maximum absolute atomic E-state index is 5.77. The van der Waals surface area contributed by atoms with E-state index in [1.165, 1.54) is 0 Å². The van der Waals surface area contributed by atoms with E-state index in [2.05, 4.69) is 16.5 Å². The fourth-order valence-corrected chi connectivity index (χ4v) is 1.93. The average Bonchev–Trinajstić information content (AvgIpc) is 2.87. The third-order valence-corrected chi connectivity index (χ3v) is 2.90. The maximum atomic E-state index is 5.77. The summed E-state index contributed by atoms with van der Waals surface area (Å²) in [5, 5.41) is 0. The molecule has 0 aliphatic carbocycles. The van der Waals surface area contributed by atoms with Gasteiger partial charge < -0.3 is 15.0 Å². The number of ether oxygens (including phenoxy) is 1. The number of para-hydroxylation sites is 1. The largest absolute Gasteiger partial charge is 0.491 e. The highest BCUT2D eigenvalue weighted by Crippen LogP contribution is 2.17. The summed E-state index contributed by atoms with van der Waals surface area (Å²) in [6.07, 6.45) is 4.75. The predicted molar refractivity (Wildman–Crippen MR) is 71.4 cm³/mol. The molecule has 0 aliphatic heterocycles. The van der Waals surface area contributed by atoms with Crippen LogP contribution in [0.15, 0.2) is 36.7 Å². The number of hydrogen-bond acceptors (Lipinski definition) is 3. The Kier molecular flexibility index (Phi) is 4.36. The molecule has 0 spiro atoms. The van der Waals surface area contributed by atoms with Gasteiger partial charge in [-0.15, -0.1) is 0 Å². The topological polar surface area (TPSA) is 53.1 Å². The van der Waals surface area contributed by atoms with E-state index in [1.54, 1.807) is 0 Å². The number of nitrogens with zero attached hydrogens (tertiary/aromatic N) is 2. The monoisotopic (exact) mass is 245 g/mol. The lowest BCUT2D eigenvalue weighted by Crippen LogP contribution is -2.11. The third-order valence-electron chi connectivity index (χ3n) is 2.90. The zero-order valence-electron chi connectivity index (χ0n) is 10.7. The molecule has 96 valence electrons. The van der Waals surface area contributed by atoms with E-state index >= 15 is 0 Å². The number of hydrogen-bond donors (Lipinski definition) is 1. The number of nitrogens with two attached hydrogens (primary N) is 1. The number of rotatable bonds is 6. The van der Waals surface area contributed by atoms with Gasteiger partial charge in [-0.05, 0) is 6.07 Å². The van der Waals surface area contributed by atoms with Gasteiger partial charge in [0, 0.05) is 30.9 Å². The van der Waals surface area contributed by atoms with Gasteiger partial charge in [0.15, 0.2) is 0 Å². The zero-order chi connectivity index (χ0) is 12.8. The minimum Gasteiger partial charge on any atom is -0.491 e. The van der Waals surface area contributed by atoms with Crippen molar-refractivity contribution >= 4 is 0 Å². The summed E-state index contributed by atoms with van der Waals surface area (Å²) >= 11 is 0. The maximum Gasteiger partial charge on any atom is 0.123 e. The van der Waals surface area contributed by atoms with E-state index in [0.717, 1.165) is 30.1 Å². The van der Waals surface area contributed by atoms with Crippen LogP contribution in [0.2, 0.25) is 0 Å². The highest BCUT2D eigenvalue weighted by molar-refractivity contribution is 5.32. The molecule has 0 saturated carbocycles. The van der Waals surface area contributed by atoms with Gasteiger partial charge in [-0.2, -0.15) is 0 Å². The summed E-state index contributed by atoms with van der Waals surface area (Å²) in [4.78, 5) is 4.28. The minimum absolute atomic E-state index is 0.501. The molecule has 1 heterocycles. The summed E-state index contributed by atoms with van der Waals surface area (Å²) in [7, 11) is 0. The molecule has 0 radical (unpaired) electrons. The van der Waals surface area contributed by atoms with E-state index in [0.29, 0.717) is 13.2 Å². The predicted octanol–water partition coefficient (Wildman–Crippen LogP) is 1.98. The highest BCUT2D eigenvalue weighted by atomic mass is 16.5. The van der Waals surface area contributed by atoms with Crippen molar-refractivity contribution in [2.45, 2.75) is 26.4 Å². The molecule has 0 bridgehead atoms. The second-order valence-corrected chi connectivity index (χ2v) is 4.05. The molecule has 2 aromatic rings. The molecule has 18 heavy (non-hydrogen) atoms. The normalized spacial score (nSPS) is 10.6. The van der Waals surface area contributed by atoms with Gasteiger partial charge in [-0.1, -0.05) is 25.1 Å². The molecule has 0 amide bonds. The Labute approximate surface area is 107 Å². The quantitative estimate of drug-likeness (QED) is 0.846. The molecule has 1 aromatic carbocycles. The fourth-order valence-electron chi connectivity index (χ4n) is 1.93. The minimum atomic E-state index is 0.501. The van der Waals surface area contributed by atoms with Crippen molar-refractivity contribution in [2.75, 3.05) is 6.61 Å². The van der Waals surface area contributed by atoms with Crippen LogP contribution in [0.1, 0.15) is 18.3 Å². The number of aryl methyl sites for hydroxylation is 1. The van der Waals surface area contributed by atoms with Gasteiger partial charge in [0.05, 0.1) is 6.54 Å². The van der Waals surface area contributed by atoms with Crippen molar-refractivity contribution < 1.29 is 4.74 Å². The fraction of sp³-hybridized carbons (Fsp3) is 0.357. The summed E-state index contributed by atoms with van der Waals surface area (Å²) < 4.78 is 7.89. The first-order valence-electron chi connectivity index (χ1n) is 6.26. The second kappa shape index (κ2) is 6.21. The van der Waals surface area contributed by atoms with Crippen LogP contribution in [-0.4, -0.2) is 16.2 Å². The molecule has 0 atom stereocenters. The van der Waals surface area contributed by atoms with Crippen molar-refractivity contribution in [1.29, 1.82) is 0 Å². The van der Waals surface area contributed by atoms with Gasteiger partial charge >= 0.3 is 0 Å². The lowest BCUT2D eigenvalue weighted by molar-refractivity contribution is 0.293. The summed E-state index contributed by atoms with van der Waals surface area (Å²) in [5.74, 6) is 1.96. The van der Waals surface area contributed by atoms with Crippen LogP contribution in [0, 0.1) is 0 Å². The van der Waals surface area contributed by atoms with Gasteiger partial charge in [-0.3, -0.25) is 0 Å². The molecular formula is C14H19N3O. The molecule has 1 aromatic heterocycles. The van der Waals surface area contributed by atoms with E-state index < -0.39 is 0 Å². The second-order valence-electron chi connectivity index (χ2n) is 4.05. The van der Waals surface area contributed by atoms with E-state index in [4.69, 9.17) is 10.5 Å². The van der Waals surface area contributed by atoms with Crippen LogP contribution in [-0.2, 0) is 19.5 Å². The highest BCUT2D eigenvalue weighted by Gasteiger charge is 2.02. The molecule has 0 fully saturated rings. The Balaban J connectivity index is 1.92. The summed E-state index contributed by atoms with van der Waals surface area (Å²) in [5.41, 5.74) is 6.71. The Morgan fingerprint density at radius 1 is 1.33 bits per heavy atom. The first kappa shape index (κ1) is 12.6. The van der Waals surface area contributed by atoms with Crippen LogP contribution < -0.4 is 10.5 Å². The van der Waals surface area contributed by atoms with Gasteiger partial charge in [0.2, 0.25) is 0 Å². The summed E-state index contributed by atoms with van der Waals surface area (Å²) in [6.45, 7) is 4.04. The number of imidazole rings is 1. The van der Waals surface area contributed by atoms with Gasteiger partial charge in [0.1, 0.15) is 18.2 Å². The Hall–Kier alpha value is -1.81. The average molecular weight is 245 g/mol. The molecular weight excluding hydrogens is 226 g/mol. The first-order chi connectivity index (χ1) is 8.85. The number of aromatic nitrogens is 2. The van der Waals surface area contributed by atoms with Crippen molar-refractivity contribution in [3.63, 3.8) is 0 Å². The Morgan fingerprint density at radius 3 is 2.94 bits per heavy atom. The molecule has 4 heteroatoms. The van der Waals surface area contributed by atoms with Crippen molar-refractivity contribution in [3.05, 3.63) is 48.0 Å².